The molecular formula is C9H12ClN3O2. The Morgan fingerprint density at radius 2 is 2.33 bits per heavy atom. The van der Waals surface area contributed by atoms with Crippen LogP contribution in [0.25, 0.3) is 0 Å². The molecule has 1 amide bonds. The maximum Gasteiger partial charge on any atom is 0.240 e. The number of carbonyl (C=O) groups is 1. The van der Waals surface area contributed by atoms with Gasteiger partial charge in [-0.2, -0.15) is 4.98 Å². The smallest absolute Gasteiger partial charge is 0.240 e. The van der Waals surface area contributed by atoms with Gasteiger partial charge in [0.05, 0.1) is 5.92 Å². The Balaban J connectivity index is 1.91. The molecule has 2 heterocycles. The van der Waals surface area contributed by atoms with Crippen molar-refractivity contribution in [2.75, 3.05) is 13.1 Å². The van der Waals surface area contributed by atoms with Crippen LogP contribution >= 0.6 is 11.6 Å². The number of likely N-dealkylation sites (tertiary alicyclic amines) is 1. The third-order valence-corrected chi connectivity index (χ3v) is 2.61. The highest BCUT2D eigenvalue weighted by atomic mass is 35.5. The van der Waals surface area contributed by atoms with Gasteiger partial charge < -0.3 is 9.42 Å². The van der Waals surface area contributed by atoms with Crippen LogP contribution in [-0.4, -0.2) is 39.4 Å². The minimum absolute atomic E-state index is 0.0378. The number of halogens is 1. The number of aryl methyl sites for hydroxylation is 1. The van der Waals surface area contributed by atoms with Crippen LogP contribution in [0.15, 0.2) is 4.52 Å². The van der Waals surface area contributed by atoms with Crippen LogP contribution in [0.4, 0.5) is 0 Å². The molecule has 0 spiro atoms. The SMILES string of the molecule is Cc1noc(C2CN(C(=O)C(C)Cl)C2)n1. The first-order chi connectivity index (χ1) is 7.08. The Kier molecular flexibility index (Phi) is 2.65. The first kappa shape index (κ1) is 10.4. The molecule has 1 aliphatic rings. The molecule has 82 valence electrons. The van der Waals surface area contributed by atoms with E-state index in [-0.39, 0.29) is 11.8 Å². The maximum absolute atomic E-state index is 11.4. The minimum atomic E-state index is -0.463. The van der Waals surface area contributed by atoms with Crippen molar-refractivity contribution >= 4 is 17.5 Å². The molecule has 0 radical (unpaired) electrons. The van der Waals surface area contributed by atoms with Crippen LogP contribution in [0.3, 0.4) is 0 Å². The lowest BCUT2D eigenvalue weighted by Gasteiger charge is -2.37. The van der Waals surface area contributed by atoms with Crippen molar-refractivity contribution in [3.8, 4) is 0 Å². The van der Waals surface area contributed by atoms with E-state index in [2.05, 4.69) is 10.1 Å². The van der Waals surface area contributed by atoms with Gasteiger partial charge in [0.25, 0.3) is 0 Å². The van der Waals surface area contributed by atoms with E-state index in [0.717, 1.165) is 0 Å². The molecule has 5 nitrogen and oxygen atoms in total. The quantitative estimate of drug-likeness (QED) is 0.708. The van der Waals surface area contributed by atoms with Crippen molar-refractivity contribution in [1.82, 2.24) is 15.0 Å². The Bertz CT molecular complexity index is 371. The predicted molar refractivity (Wildman–Crippen MR) is 53.7 cm³/mol. The molecule has 1 aromatic rings. The average Bonchev–Trinajstić information content (AvgIpc) is 2.49. The molecular weight excluding hydrogens is 218 g/mol. The van der Waals surface area contributed by atoms with Crippen molar-refractivity contribution in [1.29, 1.82) is 0 Å². The monoisotopic (exact) mass is 229 g/mol. The van der Waals surface area contributed by atoms with Gasteiger partial charge in [0.1, 0.15) is 5.38 Å². The van der Waals surface area contributed by atoms with E-state index in [4.69, 9.17) is 16.1 Å². The summed E-state index contributed by atoms with van der Waals surface area (Å²) in [7, 11) is 0. The predicted octanol–water partition coefficient (Wildman–Crippen LogP) is 0.931. The van der Waals surface area contributed by atoms with E-state index in [1.165, 1.54) is 0 Å². The summed E-state index contributed by atoms with van der Waals surface area (Å²) >= 11 is 5.69. The van der Waals surface area contributed by atoms with Crippen molar-refractivity contribution in [2.45, 2.75) is 25.1 Å². The van der Waals surface area contributed by atoms with Gasteiger partial charge in [-0.05, 0) is 13.8 Å². The van der Waals surface area contributed by atoms with Crippen LogP contribution < -0.4 is 0 Å². The highest BCUT2D eigenvalue weighted by Crippen LogP contribution is 2.26. The number of amides is 1. The van der Waals surface area contributed by atoms with Crippen LogP contribution in [0, 0.1) is 6.92 Å². The summed E-state index contributed by atoms with van der Waals surface area (Å²) in [5, 5.41) is 3.25. The Labute approximate surface area is 92.4 Å². The fourth-order valence-electron chi connectivity index (χ4n) is 1.55. The van der Waals surface area contributed by atoms with Gasteiger partial charge in [-0.25, -0.2) is 0 Å². The summed E-state index contributed by atoms with van der Waals surface area (Å²) in [6.07, 6.45) is 0. The number of alkyl halides is 1. The zero-order valence-electron chi connectivity index (χ0n) is 8.61. The third kappa shape index (κ3) is 1.97. The molecule has 1 aromatic heterocycles. The van der Waals surface area contributed by atoms with E-state index in [9.17, 15) is 4.79 Å². The van der Waals surface area contributed by atoms with Gasteiger partial charge in [-0.1, -0.05) is 5.16 Å². The Morgan fingerprint density at radius 1 is 1.67 bits per heavy atom. The number of aromatic nitrogens is 2. The standard InChI is InChI=1S/C9H12ClN3O2/c1-5(10)9(14)13-3-7(4-13)8-11-6(2)12-15-8/h5,7H,3-4H2,1-2H3. The van der Waals surface area contributed by atoms with Crippen LogP contribution in [-0.2, 0) is 4.79 Å². The molecule has 6 heteroatoms. The second kappa shape index (κ2) is 3.81. The van der Waals surface area contributed by atoms with Gasteiger partial charge in [0, 0.05) is 13.1 Å². The molecule has 0 aliphatic carbocycles. The van der Waals surface area contributed by atoms with Gasteiger partial charge in [-0.15, -0.1) is 11.6 Å². The van der Waals surface area contributed by atoms with Crippen LogP contribution in [0.5, 0.6) is 0 Å². The van der Waals surface area contributed by atoms with Gasteiger partial charge in [-0.3, -0.25) is 4.79 Å². The number of hydrogen-bond donors (Lipinski definition) is 0. The van der Waals surface area contributed by atoms with Gasteiger partial charge in [0.2, 0.25) is 11.8 Å². The average molecular weight is 230 g/mol. The highest BCUT2D eigenvalue weighted by molar-refractivity contribution is 6.30. The molecule has 0 saturated carbocycles. The molecule has 1 fully saturated rings. The molecule has 2 rings (SSSR count). The minimum Gasteiger partial charge on any atom is -0.340 e. The van der Waals surface area contributed by atoms with E-state index in [1.54, 1.807) is 18.7 Å². The maximum atomic E-state index is 11.4. The number of rotatable bonds is 2. The molecule has 1 saturated heterocycles. The first-order valence-corrected chi connectivity index (χ1v) is 5.24. The molecule has 0 bridgehead atoms. The lowest BCUT2D eigenvalue weighted by atomic mass is 10.00. The van der Waals surface area contributed by atoms with Crippen molar-refractivity contribution in [3.63, 3.8) is 0 Å². The van der Waals surface area contributed by atoms with E-state index >= 15 is 0 Å². The molecule has 1 atom stereocenters. The molecule has 0 N–H and O–H groups in total. The number of hydrogen-bond acceptors (Lipinski definition) is 4. The normalized spacial score (nSPS) is 18.7. The number of nitrogens with zero attached hydrogens (tertiary/aromatic N) is 3. The van der Waals surface area contributed by atoms with Gasteiger partial charge >= 0.3 is 0 Å². The fourth-order valence-corrected chi connectivity index (χ4v) is 1.68. The molecule has 15 heavy (non-hydrogen) atoms. The zero-order valence-corrected chi connectivity index (χ0v) is 9.36. The van der Waals surface area contributed by atoms with E-state index in [1.807, 2.05) is 0 Å². The first-order valence-electron chi connectivity index (χ1n) is 4.81. The largest absolute Gasteiger partial charge is 0.340 e. The summed E-state index contributed by atoms with van der Waals surface area (Å²) < 4.78 is 5.02. The molecule has 1 unspecified atom stereocenters. The van der Waals surface area contributed by atoms with Crippen molar-refractivity contribution in [2.24, 2.45) is 0 Å². The lowest BCUT2D eigenvalue weighted by molar-refractivity contribution is -0.135. The third-order valence-electron chi connectivity index (χ3n) is 2.43. The van der Waals surface area contributed by atoms with Crippen molar-refractivity contribution < 1.29 is 9.32 Å². The molecule has 1 aliphatic heterocycles. The highest BCUT2D eigenvalue weighted by Gasteiger charge is 2.36. The number of carbonyl (C=O) groups excluding carboxylic acids is 1. The summed E-state index contributed by atoms with van der Waals surface area (Å²) in [4.78, 5) is 17.3. The lowest BCUT2D eigenvalue weighted by Crippen LogP contribution is -2.50. The van der Waals surface area contributed by atoms with Crippen LogP contribution in [0.1, 0.15) is 24.6 Å². The van der Waals surface area contributed by atoms with E-state index < -0.39 is 5.38 Å². The van der Waals surface area contributed by atoms with Gasteiger partial charge in [0.15, 0.2) is 5.82 Å². The van der Waals surface area contributed by atoms with Crippen molar-refractivity contribution in [3.05, 3.63) is 11.7 Å². The zero-order chi connectivity index (χ0) is 11.0. The summed E-state index contributed by atoms with van der Waals surface area (Å²) in [6.45, 7) is 4.69. The Hall–Kier alpha value is -1.10. The molecule has 0 aromatic carbocycles. The Morgan fingerprint density at radius 3 is 2.80 bits per heavy atom. The van der Waals surface area contributed by atoms with Crippen LogP contribution in [0.2, 0.25) is 0 Å². The second-order valence-electron chi connectivity index (χ2n) is 3.74. The topological polar surface area (TPSA) is 59.2 Å². The summed E-state index contributed by atoms with van der Waals surface area (Å²) in [5.41, 5.74) is 0. The summed E-state index contributed by atoms with van der Waals surface area (Å²) in [6, 6.07) is 0. The van der Waals surface area contributed by atoms with E-state index in [0.29, 0.717) is 24.8 Å². The second-order valence-corrected chi connectivity index (χ2v) is 4.39. The fraction of sp³-hybridized carbons (Fsp3) is 0.667. The summed E-state index contributed by atoms with van der Waals surface area (Å²) in [5.74, 6) is 1.37.